The second kappa shape index (κ2) is 7.03. The summed E-state index contributed by atoms with van der Waals surface area (Å²) < 4.78 is 13.1. The third-order valence-corrected chi connectivity index (χ3v) is 4.16. The van der Waals surface area contributed by atoms with Crippen molar-refractivity contribution in [2.24, 2.45) is 0 Å². The van der Waals surface area contributed by atoms with E-state index in [1.165, 1.54) is 11.1 Å². The van der Waals surface area contributed by atoms with Crippen LogP contribution in [0, 0.1) is 13.8 Å². The Morgan fingerprint density at radius 3 is 2.71 bits per heavy atom. The SMILES string of the molecule is Cc1ccc(C)c(C(C)NC(=O)CN2CCC(F)CC2)c1. The number of benzene rings is 1. The molecule has 0 aromatic heterocycles. The average Bonchev–Trinajstić information content (AvgIpc) is 2.44. The first-order chi connectivity index (χ1) is 9.95. The zero-order valence-electron chi connectivity index (χ0n) is 13.2. The summed E-state index contributed by atoms with van der Waals surface area (Å²) in [5.74, 6) is 0.0146. The third kappa shape index (κ3) is 4.53. The normalized spacial score (nSPS) is 18.5. The molecule has 1 atom stereocenters. The van der Waals surface area contributed by atoms with E-state index in [0.29, 0.717) is 32.5 Å². The van der Waals surface area contributed by atoms with Crippen LogP contribution in [0.4, 0.5) is 4.39 Å². The van der Waals surface area contributed by atoms with E-state index in [2.05, 4.69) is 37.4 Å². The Bertz CT molecular complexity index is 496. The molecule has 3 nitrogen and oxygen atoms in total. The number of aryl methyl sites for hydroxylation is 2. The minimum Gasteiger partial charge on any atom is -0.348 e. The lowest BCUT2D eigenvalue weighted by molar-refractivity contribution is -0.123. The fraction of sp³-hybridized carbons (Fsp3) is 0.588. The fourth-order valence-corrected chi connectivity index (χ4v) is 2.85. The number of alkyl halides is 1. The van der Waals surface area contributed by atoms with Crippen LogP contribution < -0.4 is 5.32 Å². The van der Waals surface area contributed by atoms with Gasteiger partial charge in [-0.05, 0) is 44.7 Å². The molecular weight excluding hydrogens is 267 g/mol. The van der Waals surface area contributed by atoms with Gasteiger partial charge in [0, 0.05) is 13.1 Å². The van der Waals surface area contributed by atoms with Crippen molar-refractivity contribution in [3.8, 4) is 0 Å². The van der Waals surface area contributed by atoms with E-state index in [9.17, 15) is 9.18 Å². The van der Waals surface area contributed by atoms with Crippen LogP contribution in [0.2, 0.25) is 0 Å². The summed E-state index contributed by atoms with van der Waals surface area (Å²) in [6.45, 7) is 7.83. The second-order valence-electron chi connectivity index (χ2n) is 6.10. The van der Waals surface area contributed by atoms with Gasteiger partial charge in [0.25, 0.3) is 0 Å². The molecule has 1 saturated heterocycles. The van der Waals surface area contributed by atoms with Crippen molar-refractivity contribution in [1.82, 2.24) is 10.2 Å². The Balaban J connectivity index is 1.88. The van der Waals surface area contributed by atoms with Crippen molar-refractivity contribution in [2.45, 2.75) is 45.8 Å². The van der Waals surface area contributed by atoms with Gasteiger partial charge in [-0.2, -0.15) is 0 Å². The molecule has 1 heterocycles. The molecule has 1 aromatic rings. The Morgan fingerprint density at radius 2 is 2.05 bits per heavy atom. The van der Waals surface area contributed by atoms with Crippen LogP contribution in [0.5, 0.6) is 0 Å². The molecule has 1 N–H and O–H groups in total. The summed E-state index contributed by atoms with van der Waals surface area (Å²) in [5, 5.41) is 3.05. The number of rotatable bonds is 4. The number of nitrogens with zero attached hydrogens (tertiary/aromatic N) is 1. The highest BCUT2D eigenvalue weighted by Crippen LogP contribution is 2.19. The number of hydrogen-bond acceptors (Lipinski definition) is 2. The molecule has 21 heavy (non-hydrogen) atoms. The van der Waals surface area contributed by atoms with Gasteiger partial charge in [0.1, 0.15) is 6.17 Å². The minimum absolute atomic E-state index is 0.00360. The first-order valence-corrected chi connectivity index (χ1v) is 7.68. The highest BCUT2D eigenvalue weighted by atomic mass is 19.1. The summed E-state index contributed by atoms with van der Waals surface area (Å²) >= 11 is 0. The number of halogens is 1. The van der Waals surface area contributed by atoms with E-state index in [1.807, 2.05) is 11.8 Å². The lowest BCUT2D eigenvalue weighted by Gasteiger charge is -2.28. The van der Waals surface area contributed by atoms with Crippen LogP contribution in [0.1, 0.15) is 42.5 Å². The van der Waals surface area contributed by atoms with Crippen LogP contribution >= 0.6 is 0 Å². The van der Waals surface area contributed by atoms with Crippen molar-refractivity contribution < 1.29 is 9.18 Å². The Morgan fingerprint density at radius 1 is 1.38 bits per heavy atom. The molecule has 4 heteroatoms. The van der Waals surface area contributed by atoms with E-state index in [0.717, 1.165) is 5.56 Å². The highest BCUT2D eigenvalue weighted by molar-refractivity contribution is 5.78. The maximum absolute atomic E-state index is 13.1. The lowest BCUT2D eigenvalue weighted by atomic mass is 10.00. The molecular formula is C17H25FN2O. The third-order valence-electron chi connectivity index (χ3n) is 4.16. The maximum atomic E-state index is 13.1. The number of hydrogen-bond donors (Lipinski definition) is 1. The smallest absolute Gasteiger partial charge is 0.234 e. The van der Waals surface area contributed by atoms with E-state index >= 15 is 0 Å². The first-order valence-electron chi connectivity index (χ1n) is 7.68. The van der Waals surface area contributed by atoms with Crippen molar-refractivity contribution in [3.05, 3.63) is 34.9 Å². The maximum Gasteiger partial charge on any atom is 0.234 e. The van der Waals surface area contributed by atoms with Crippen LogP contribution in [-0.2, 0) is 4.79 Å². The summed E-state index contributed by atoms with van der Waals surface area (Å²) in [6.07, 6.45) is 0.387. The topological polar surface area (TPSA) is 32.3 Å². The molecule has 1 fully saturated rings. The van der Waals surface area contributed by atoms with Gasteiger partial charge in [0.15, 0.2) is 0 Å². The molecule has 0 saturated carbocycles. The van der Waals surface area contributed by atoms with Crippen LogP contribution in [0.25, 0.3) is 0 Å². The van der Waals surface area contributed by atoms with E-state index in [4.69, 9.17) is 0 Å². The van der Waals surface area contributed by atoms with Crippen molar-refractivity contribution in [3.63, 3.8) is 0 Å². The number of carbonyl (C=O) groups is 1. The standard InChI is InChI=1S/C17H25FN2O/c1-12-4-5-13(2)16(10-12)14(3)19-17(21)11-20-8-6-15(18)7-9-20/h4-5,10,14-15H,6-9,11H2,1-3H3,(H,19,21). The summed E-state index contributed by atoms with van der Waals surface area (Å²) in [5.41, 5.74) is 3.54. The zero-order valence-corrected chi connectivity index (χ0v) is 13.2. The molecule has 1 aliphatic rings. The summed E-state index contributed by atoms with van der Waals surface area (Å²) in [6, 6.07) is 6.28. The number of nitrogens with one attached hydrogen (secondary N) is 1. The van der Waals surface area contributed by atoms with Gasteiger partial charge in [0.2, 0.25) is 5.91 Å². The van der Waals surface area contributed by atoms with E-state index < -0.39 is 6.17 Å². The molecule has 0 radical (unpaired) electrons. The molecule has 1 aliphatic heterocycles. The number of amides is 1. The van der Waals surface area contributed by atoms with E-state index in [1.54, 1.807) is 0 Å². The molecule has 1 unspecified atom stereocenters. The van der Waals surface area contributed by atoms with Crippen LogP contribution in [0.15, 0.2) is 18.2 Å². The monoisotopic (exact) mass is 292 g/mol. The molecule has 1 amide bonds. The Kier molecular flexibility index (Phi) is 5.34. The Labute approximate surface area is 126 Å². The van der Waals surface area contributed by atoms with Gasteiger partial charge in [-0.3, -0.25) is 9.69 Å². The number of piperidine rings is 1. The molecule has 0 aliphatic carbocycles. The molecule has 1 aromatic carbocycles. The predicted octanol–water partition coefficient (Wildman–Crippen LogP) is 2.91. The van der Waals surface area contributed by atoms with E-state index in [-0.39, 0.29) is 11.9 Å². The number of carbonyl (C=O) groups excluding carboxylic acids is 1. The quantitative estimate of drug-likeness (QED) is 0.925. The van der Waals surface area contributed by atoms with Gasteiger partial charge < -0.3 is 5.32 Å². The minimum atomic E-state index is -0.696. The fourth-order valence-electron chi connectivity index (χ4n) is 2.85. The Hall–Kier alpha value is -1.42. The van der Waals surface area contributed by atoms with Crippen molar-refractivity contribution in [2.75, 3.05) is 19.6 Å². The van der Waals surface area contributed by atoms with Gasteiger partial charge >= 0.3 is 0 Å². The van der Waals surface area contributed by atoms with Gasteiger partial charge in [0.05, 0.1) is 12.6 Å². The van der Waals surface area contributed by atoms with Gasteiger partial charge in [-0.1, -0.05) is 23.8 Å². The largest absolute Gasteiger partial charge is 0.348 e. The lowest BCUT2D eigenvalue weighted by Crippen LogP contribution is -2.42. The molecule has 0 spiro atoms. The molecule has 116 valence electrons. The number of likely N-dealkylation sites (tertiary alicyclic amines) is 1. The summed E-state index contributed by atoms with van der Waals surface area (Å²) in [7, 11) is 0. The first kappa shape index (κ1) is 16.0. The van der Waals surface area contributed by atoms with Crippen molar-refractivity contribution >= 4 is 5.91 Å². The average molecular weight is 292 g/mol. The van der Waals surface area contributed by atoms with Crippen LogP contribution in [-0.4, -0.2) is 36.6 Å². The van der Waals surface area contributed by atoms with Gasteiger partial charge in [-0.25, -0.2) is 4.39 Å². The highest BCUT2D eigenvalue weighted by Gasteiger charge is 2.21. The van der Waals surface area contributed by atoms with Crippen molar-refractivity contribution in [1.29, 1.82) is 0 Å². The second-order valence-corrected chi connectivity index (χ2v) is 6.10. The molecule has 0 bridgehead atoms. The summed E-state index contributed by atoms with van der Waals surface area (Å²) in [4.78, 5) is 14.2. The van der Waals surface area contributed by atoms with Gasteiger partial charge in [-0.15, -0.1) is 0 Å². The predicted molar refractivity (Wildman–Crippen MR) is 83.0 cm³/mol. The zero-order chi connectivity index (χ0) is 15.4. The molecule has 2 rings (SSSR count). The van der Waals surface area contributed by atoms with Crippen LogP contribution in [0.3, 0.4) is 0 Å².